The Kier molecular flexibility index (Phi) is 4.18. The molecular weight excluding hydrogens is 212 g/mol. The van der Waals surface area contributed by atoms with Gasteiger partial charge in [-0.05, 0) is 39.0 Å². The number of carbonyl (C=O) groups excluding carboxylic acids is 1. The molecule has 0 N–H and O–H groups in total. The van der Waals surface area contributed by atoms with Gasteiger partial charge in [0, 0.05) is 11.5 Å². The molecule has 1 aliphatic carbocycles. The third kappa shape index (κ3) is 3.21. The summed E-state index contributed by atoms with van der Waals surface area (Å²) in [6.45, 7) is 12.9. The Labute approximate surface area is 105 Å². The maximum absolute atomic E-state index is 11.5. The highest BCUT2D eigenvalue weighted by Gasteiger charge is 2.56. The molecule has 0 unspecified atom stereocenters. The van der Waals surface area contributed by atoms with Gasteiger partial charge in [-0.3, -0.25) is 0 Å². The lowest BCUT2D eigenvalue weighted by Gasteiger charge is -2.05. The smallest absolute Gasteiger partial charge is 0.333 e. The fraction of sp³-hybridized carbons (Fsp3) is 0.667. The highest BCUT2D eigenvalue weighted by atomic mass is 16.5. The summed E-state index contributed by atoms with van der Waals surface area (Å²) in [4.78, 5) is 11.5. The van der Waals surface area contributed by atoms with E-state index in [1.54, 1.807) is 13.0 Å². The largest absolute Gasteiger partial charge is 0.462 e. The second-order valence-corrected chi connectivity index (χ2v) is 5.77. The van der Waals surface area contributed by atoms with E-state index in [1.165, 1.54) is 5.57 Å². The molecule has 0 saturated heterocycles. The third-order valence-corrected chi connectivity index (χ3v) is 3.80. The number of carbonyl (C=O) groups is 1. The molecule has 2 nitrogen and oxygen atoms in total. The summed E-state index contributed by atoms with van der Waals surface area (Å²) in [7, 11) is 0. The molecule has 0 heterocycles. The second kappa shape index (κ2) is 5.07. The summed E-state index contributed by atoms with van der Waals surface area (Å²) in [5.41, 5.74) is 2.28. The molecular formula is C15H24O2. The van der Waals surface area contributed by atoms with Crippen LogP contribution in [-0.2, 0) is 9.53 Å². The van der Waals surface area contributed by atoms with Gasteiger partial charge in [-0.15, -0.1) is 0 Å². The predicted molar refractivity (Wildman–Crippen MR) is 70.6 cm³/mol. The monoisotopic (exact) mass is 236 g/mol. The van der Waals surface area contributed by atoms with E-state index >= 15 is 0 Å². The molecule has 1 aliphatic rings. The SMILES string of the molecule is C/C=C(\C)C(=O)OC[C@H]1[C@@H](C=C(C)C)C1(C)C. The van der Waals surface area contributed by atoms with Crippen LogP contribution in [0.5, 0.6) is 0 Å². The van der Waals surface area contributed by atoms with Crippen molar-refractivity contribution in [3.8, 4) is 0 Å². The van der Waals surface area contributed by atoms with E-state index in [0.29, 0.717) is 24.0 Å². The summed E-state index contributed by atoms with van der Waals surface area (Å²) in [6.07, 6.45) is 4.08. The normalized spacial score (nSPS) is 26.4. The van der Waals surface area contributed by atoms with Crippen LogP contribution in [0.25, 0.3) is 0 Å². The zero-order valence-corrected chi connectivity index (χ0v) is 11.8. The maximum Gasteiger partial charge on any atom is 0.333 e. The van der Waals surface area contributed by atoms with Gasteiger partial charge in [-0.2, -0.15) is 0 Å². The number of rotatable bonds is 4. The zero-order valence-electron chi connectivity index (χ0n) is 11.8. The van der Waals surface area contributed by atoms with Crippen molar-refractivity contribution in [1.29, 1.82) is 0 Å². The fourth-order valence-electron chi connectivity index (χ4n) is 2.19. The molecule has 1 rings (SSSR count). The van der Waals surface area contributed by atoms with Crippen molar-refractivity contribution in [2.24, 2.45) is 17.3 Å². The van der Waals surface area contributed by atoms with Gasteiger partial charge in [0.05, 0.1) is 6.61 Å². The van der Waals surface area contributed by atoms with E-state index < -0.39 is 0 Å². The first-order chi connectivity index (χ1) is 7.80. The van der Waals surface area contributed by atoms with Crippen LogP contribution in [0.3, 0.4) is 0 Å². The molecule has 0 aliphatic heterocycles. The highest BCUT2D eigenvalue weighted by molar-refractivity contribution is 5.87. The van der Waals surface area contributed by atoms with E-state index in [9.17, 15) is 4.79 Å². The van der Waals surface area contributed by atoms with Gasteiger partial charge in [-0.1, -0.05) is 31.6 Å². The van der Waals surface area contributed by atoms with Crippen molar-refractivity contribution in [1.82, 2.24) is 0 Å². The van der Waals surface area contributed by atoms with Crippen molar-refractivity contribution in [3.63, 3.8) is 0 Å². The first kappa shape index (κ1) is 14.0. The average molecular weight is 236 g/mol. The molecule has 1 saturated carbocycles. The first-order valence-corrected chi connectivity index (χ1v) is 6.25. The fourth-order valence-corrected chi connectivity index (χ4v) is 2.19. The minimum absolute atomic E-state index is 0.189. The predicted octanol–water partition coefficient (Wildman–Crippen LogP) is 3.73. The molecule has 0 spiro atoms. The Bertz CT molecular complexity index is 357. The van der Waals surface area contributed by atoms with Crippen LogP contribution < -0.4 is 0 Å². The van der Waals surface area contributed by atoms with E-state index in [0.717, 1.165) is 0 Å². The summed E-state index contributed by atoms with van der Waals surface area (Å²) in [6, 6.07) is 0. The summed E-state index contributed by atoms with van der Waals surface area (Å²) in [5, 5.41) is 0. The molecule has 0 amide bonds. The van der Waals surface area contributed by atoms with Gasteiger partial charge in [0.2, 0.25) is 0 Å². The lowest BCUT2D eigenvalue weighted by molar-refractivity contribution is -0.139. The lowest BCUT2D eigenvalue weighted by atomic mass is 10.1. The van der Waals surface area contributed by atoms with Crippen molar-refractivity contribution in [2.45, 2.75) is 41.5 Å². The van der Waals surface area contributed by atoms with Gasteiger partial charge in [0.25, 0.3) is 0 Å². The minimum atomic E-state index is -0.189. The van der Waals surface area contributed by atoms with Crippen LogP contribution in [0.2, 0.25) is 0 Å². The number of esters is 1. The van der Waals surface area contributed by atoms with Gasteiger partial charge in [-0.25, -0.2) is 4.79 Å². The van der Waals surface area contributed by atoms with Gasteiger partial charge < -0.3 is 4.74 Å². The summed E-state index contributed by atoms with van der Waals surface area (Å²) in [5.74, 6) is 0.823. The lowest BCUT2D eigenvalue weighted by Crippen LogP contribution is -2.10. The molecule has 0 aromatic heterocycles. The number of ether oxygens (including phenoxy) is 1. The molecule has 96 valence electrons. The van der Waals surface area contributed by atoms with E-state index in [4.69, 9.17) is 4.74 Å². The molecule has 1 fully saturated rings. The van der Waals surface area contributed by atoms with E-state index in [1.807, 2.05) is 6.92 Å². The quantitative estimate of drug-likeness (QED) is 0.422. The zero-order chi connectivity index (χ0) is 13.2. The maximum atomic E-state index is 11.5. The van der Waals surface area contributed by atoms with E-state index in [2.05, 4.69) is 33.8 Å². The van der Waals surface area contributed by atoms with E-state index in [-0.39, 0.29) is 11.4 Å². The molecule has 2 heteroatoms. The van der Waals surface area contributed by atoms with Crippen molar-refractivity contribution >= 4 is 5.97 Å². The van der Waals surface area contributed by atoms with Gasteiger partial charge in [0.1, 0.15) is 0 Å². The van der Waals surface area contributed by atoms with Crippen LogP contribution in [0, 0.1) is 17.3 Å². The van der Waals surface area contributed by atoms with Crippen LogP contribution in [0.1, 0.15) is 41.5 Å². The highest BCUT2D eigenvalue weighted by Crippen LogP contribution is 2.59. The Morgan fingerprint density at radius 3 is 2.35 bits per heavy atom. The van der Waals surface area contributed by atoms with Crippen LogP contribution >= 0.6 is 0 Å². The van der Waals surface area contributed by atoms with Crippen molar-refractivity contribution in [3.05, 3.63) is 23.3 Å². The second-order valence-electron chi connectivity index (χ2n) is 5.77. The van der Waals surface area contributed by atoms with Gasteiger partial charge in [0.15, 0.2) is 0 Å². The Hall–Kier alpha value is -1.05. The molecule has 0 radical (unpaired) electrons. The Morgan fingerprint density at radius 2 is 1.88 bits per heavy atom. The summed E-state index contributed by atoms with van der Waals surface area (Å²) >= 11 is 0. The minimum Gasteiger partial charge on any atom is -0.462 e. The molecule has 17 heavy (non-hydrogen) atoms. The molecule has 0 aromatic carbocycles. The number of allylic oxidation sites excluding steroid dienone is 3. The number of hydrogen-bond donors (Lipinski definition) is 0. The Morgan fingerprint density at radius 1 is 1.29 bits per heavy atom. The Balaban J connectivity index is 2.50. The standard InChI is InChI=1S/C15H24O2/c1-7-11(4)14(16)17-9-13-12(8-10(2)3)15(13,5)6/h7-8,12-13H,9H2,1-6H3/b11-7+/t12-,13+/m1/s1. The van der Waals surface area contributed by atoms with Crippen LogP contribution in [0.15, 0.2) is 23.3 Å². The van der Waals surface area contributed by atoms with Crippen LogP contribution in [0.4, 0.5) is 0 Å². The van der Waals surface area contributed by atoms with Crippen molar-refractivity contribution in [2.75, 3.05) is 6.61 Å². The van der Waals surface area contributed by atoms with Gasteiger partial charge >= 0.3 is 5.97 Å². The molecule has 0 bridgehead atoms. The number of hydrogen-bond acceptors (Lipinski definition) is 2. The molecule has 0 aromatic rings. The molecule has 2 atom stereocenters. The summed E-state index contributed by atoms with van der Waals surface area (Å²) < 4.78 is 5.33. The first-order valence-electron chi connectivity index (χ1n) is 6.25. The third-order valence-electron chi connectivity index (χ3n) is 3.80. The van der Waals surface area contributed by atoms with Crippen molar-refractivity contribution < 1.29 is 9.53 Å². The van der Waals surface area contributed by atoms with Crippen LogP contribution in [-0.4, -0.2) is 12.6 Å². The topological polar surface area (TPSA) is 26.3 Å². The average Bonchev–Trinajstić information content (AvgIpc) is 2.74.